The predicted octanol–water partition coefficient (Wildman–Crippen LogP) is 3.48. The third-order valence-corrected chi connectivity index (χ3v) is 4.32. The lowest BCUT2D eigenvalue weighted by Gasteiger charge is -2.10. The summed E-state index contributed by atoms with van der Waals surface area (Å²) in [5, 5.41) is 0. The van der Waals surface area contributed by atoms with Gasteiger partial charge in [-0.15, -0.1) is 0 Å². The van der Waals surface area contributed by atoms with E-state index in [1.165, 1.54) is 35.2 Å². The summed E-state index contributed by atoms with van der Waals surface area (Å²) in [6, 6.07) is 21.8. The second-order valence-electron chi connectivity index (χ2n) is 6.10. The molecule has 0 amide bonds. The number of aromatic nitrogens is 2. The third kappa shape index (κ3) is 3.29. The Morgan fingerprint density at radius 2 is 1.70 bits per heavy atom. The van der Waals surface area contributed by atoms with E-state index in [1.807, 2.05) is 6.20 Å². The number of rotatable bonds is 5. The van der Waals surface area contributed by atoms with Crippen molar-refractivity contribution in [1.29, 1.82) is 0 Å². The Labute approximate surface area is 137 Å². The normalized spacial score (nSPS) is 14.7. The fourth-order valence-electron chi connectivity index (χ4n) is 2.98. The summed E-state index contributed by atoms with van der Waals surface area (Å²) < 4.78 is 2.35. The average molecular weight is 298 g/mol. The summed E-state index contributed by atoms with van der Waals surface area (Å²) >= 11 is 0. The zero-order chi connectivity index (χ0) is 15.5. The lowest BCUT2D eigenvalue weighted by Crippen LogP contribution is -2.27. The highest BCUT2D eigenvalue weighted by molar-refractivity contribution is 6.73. The van der Waals surface area contributed by atoms with Gasteiger partial charge >= 0.3 is 0 Å². The van der Waals surface area contributed by atoms with Crippen molar-refractivity contribution in [3.8, 4) is 0 Å². The van der Waals surface area contributed by atoms with Gasteiger partial charge in [-0.2, -0.15) is 0 Å². The van der Waals surface area contributed by atoms with Crippen molar-refractivity contribution in [2.45, 2.75) is 18.9 Å². The molecule has 0 aliphatic heterocycles. The van der Waals surface area contributed by atoms with E-state index in [0.29, 0.717) is 6.04 Å². The van der Waals surface area contributed by atoms with E-state index in [0.717, 1.165) is 7.28 Å². The van der Waals surface area contributed by atoms with E-state index in [1.54, 1.807) is 0 Å². The maximum atomic E-state index is 4.61. The zero-order valence-corrected chi connectivity index (χ0v) is 13.1. The van der Waals surface area contributed by atoms with Crippen LogP contribution in [0.2, 0.25) is 0 Å². The molecule has 2 nitrogen and oxygen atoms in total. The molecule has 2 aromatic carbocycles. The molecule has 1 heterocycles. The Kier molecular flexibility index (Phi) is 3.85. The van der Waals surface area contributed by atoms with Crippen LogP contribution in [0, 0.1) is 0 Å². The van der Waals surface area contributed by atoms with E-state index in [9.17, 15) is 0 Å². The first-order valence-corrected chi connectivity index (χ1v) is 8.23. The first kappa shape index (κ1) is 14.1. The van der Waals surface area contributed by atoms with Gasteiger partial charge in [0, 0.05) is 18.4 Å². The summed E-state index contributed by atoms with van der Waals surface area (Å²) in [7, 11) is 0.863. The van der Waals surface area contributed by atoms with Crippen LogP contribution in [-0.2, 0) is 0 Å². The van der Waals surface area contributed by atoms with Crippen LogP contribution in [0.25, 0.3) is 11.5 Å². The van der Waals surface area contributed by atoms with Crippen LogP contribution in [0.15, 0.2) is 73.1 Å². The van der Waals surface area contributed by atoms with Gasteiger partial charge in [-0.05, 0) is 24.0 Å². The highest BCUT2D eigenvalue weighted by atomic mass is 15.1. The minimum absolute atomic E-state index is 0.668. The molecule has 0 unspecified atom stereocenters. The monoisotopic (exact) mass is 298 g/mol. The molecular weight excluding hydrogens is 279 g/mol. The van der Waals surface area contributed by atoms with Gasteiger partial charge in [0.15, 0.2) is 0 Å². The maximum Gasteiger partial charge on any atom is 0.239 e. The first-order valence-electron chi connectivity index (χ1n) is 8.23. The molecule has 1 fully saturated rings. The minimum atomic E-state index is 0.668. The predicted molar refractivity (Wildman–Crippen MR) is 98.0 cm³/mol. The van der Waals surface area contributed by atoms with Crippen LogP contribution in [0.5, 0.6) is 0 Å². The second-order valence-corrected chi connectivity index (χ2v) is 6.10. The van der Waals surface area contributed by atoms with Crippen molar-refractivity contribution in [3.63, 3.8) is 0 Å². The Balaban J connectivity index is 1.70. The van der Waals surface area contributed by atoms with E-state index in [4.69, 9.17) is 0 Å². The molecular formula is C20H19BN2. The van der Waals surface area contributed by atoms with E-state index in [-0.39, 0.29) is 0 Å². The molecule has 3 heteroatoms. The molecule has 0 saturated heterocycles. The third-order valence-electron chi connectivity index (χ3n) is 4.32. The molecule has 0 bridgehead atoms. The van der Waals surface area contributed by atoms with Crippen LogP contribution in [0.3, 0.4) is 0 Å². The first-order chi connectivity index (χ1) is 11.4. The Morgan fingerprint density at radius 3 is 2.39 bits per heavy atom. The van der Waals surface area contributed by atoms with Crippen molar-refractivity contribution >= 4 is 24.6 Å². The van der Waals surface area contributed by atoms with Crippen LogP contribution in [0.4, 0.5) is 0 Å². The molecule has 0 spiro atoms. The van der Waals surface area contributed by atoms with Gasteiger partial charge < -0.3 is 4.57 Å². The molecule has 3 aromatic rings. The van der Waals surface area contributed by atoms with Crippen LogP contribution >= 0.6 is 0 Å². The molecule has 23 heavy (non-hydrogen) atoms. The lowest BCUT2D eigenvalue weighted by atomic mass is 9.65. The van der Waals surface area contributed by atoms with Crippen LogP contribution in [0.1, 0.15) is 30.0 Å². The lowest BCUT2D eigenvalue weighted by molar-refractivity contribution is 0.764. The van der Waals surface area contributed by atoms with Crippen molar-refractivity contribution in [1.82, 2.24) is 9.55 Å². The van der Waals surface area contributed by atoms with Crippen LogP contribution in [-0.4, -0.2) is 16.8 Å². The van der Waals surface area contributed by atoms with E-state index < -0.39 is 0 Å². The van der Waals surface area contributed by atoms with Gasteiger partial charge in [0.2, 0.25) is 7.28 Å². The summed E-state index contributed by atoms with van der Waals surface area (Å²) in [6.07, 6.45) is 8.90. The number of nitrogens with zero attached hydrogens (tertiary/aromatic N) is 2. The highest BCUT2D eigenvalue weighted by Crippen LogP contribution is 2.33. The largest absolute Gasteiger partial charge is 0.340 e. The number of imidazole rings is 1. The maximum absolute atomic E-state index is 4.61. The van der Waals surface area contributed by atoms with Gasteiger partial charge in [-0.1, -0.05) is 72.2 Å². The smallest absolute Gasteiger partial charge is 0.239 e. The number of hydrogen-bond acceptors (Lipinski definition) is 1. The van der Waals surface area contributed by atoms with E-state index >= 15 is 0 Å². The molecule has 0 radical (unpaired) electrons. The zero-order valence-electron chi connectivity index (χ0n) is 13.1. The molecule has 112 valence electrons. The average Bonchev–Trinajstić information content (AvgIpc) is 3.35. The SMILES string of the molecule is B(C(=Cc1ccccc1)c1ccccc1)c1nccn1C1CC1. The topological polar surface area (TPSA) is 17.8 Å². The summed E-state index contributed by atoms with van der Waals surface area (Å²) in [4.78, 5) is 4.61. The second kappa shape index (κ2) is 6.29. The van der Waals surface area contributed by atoms with Gasteiger partial charge in [0.1, 0.15) is 0 Å². The van der Waals surface area contributed by atoms with Crippen molar-refractivity contribution in [3.05, 3.63) is 84.2 Å². The van der Waals surface area contributed by atoms with Crippen molar-refractivity contribution < 1.29 is 0 Å². The molecule has 1 saturated carbocycles. The Bertz CT molecular complexity index is 802. The molecule has 4 rings (SSSR count). The molecule has 1 aliphatic carbocycles. The van der Waals surface area contributed by atoms with Gasteiger partial charge in [-0.25, -0.2) is 0 Å². The van der Waals surface area contributed by atoms with Gasteiger partial charge in [0.25, 0.3) is 0 Å². The number of hydrogen-bond donors (Lipinski definition) is 0. The quantitative estimate of drug-likeness (QED) is 0.521. The van der Waals surface area contributed by atoms with E-state index in [2.05, 4.69) is 82.5 Å². The molecule has 0 atom stereocenters. The highest BCUT2D eigenvalue weighted by Gasteiger charge is 2.25. The van der Waals surface area contributed by atoms with Gasteiger partial charge in [0.05, 0.1) is 5.72 Å². The molecule has 1 aliphatic rings. The minimum Gasteiger partial charge on any atom is -0.340 e. The molecule has 0 N–H and O–H groups in total. The molecule has 1 aromatic heterocycles. The summed E-state index contributed by atoms with van der Waals surface area (Å²) in [6.45, 7) is 0. The van der Waals surface area contributed by atoms with Crippen LogP contribution < -0.4 is 5.72 Å². The van der Waals surface area contributed by atoms with Crippen molar-refractivity contribution in [2.24, 2.45) is 0 Å². The number of benzene rings is 2. The summed E-state index contributed by atoms with van der Waals surface area (Å²) in [5.41, 5.74) is 4.97. The Hall–Kier alpha value is -2.55. The van der Waals surface area contributed by atoms with Crippen molar-refractivity contribution in [2.75, 3.05) is 0 Å². The standard InChI is InChI=1S/C20H19BN2/c1-3-7-16(8-4-1)15-19(17-9-5-2-6-10-17)21-20-22-13-14-23(20)18-11-12-18/h1-10,13-15,18,21H,11-12H2. The van der Waals surface area contributed by atoms with Gasteiger partial charge in [-0.3, -0.25) is 4.98 Å². The summed E-state index contributed by atoms with van der Waals surface area (Å²) in [5.74, 6) is 0. The fraction of sp³-hybridized carbons (Fsp3) is 0.150. The Morgan fingerprint density at radius 1 is 1.00 bits per heavy atom. The fourth-order valence-corrected chi connectivity index (χ4v) is 2.98.